The number of pyridine rings is 1. The molecule has 0 aliphatic rings. The quantitative estimate of drug-likeness (QED) is 0.589. The molecule has 0 radical (unpaired) electrons. The molecule has 2 heterocycles. The number of anilines is 3. The Bertz CT molecular complexity index is 728. The average molecular weight is 334 g/mol. The zero-order chi connectivity index (χ0) is 17.0. The Balaban J connectivity index is 2.18. The van der Waals surface area contributed by atoms with Crippen LogP contribution in [0.25, 0.3) is 0 Å². The highest BCUT2D eigenvalue weighted by Crippen LogP contribution is 2.20. The highest BCUT2D eigenvalue weighted by molar-refractivity contribution is 6.30. The van der Waals surface area contributed by atoms with Crippen molar-refractivity contribution in [1.82, 2.24) is 15.0 Å². The van der Waals surface area contributed by atoms with Gasteiger partial charge in [0.15, 0.2) is 5.82 Å². The third-order valence-corrected chi connectivity index (χ3v) is 2.88. The lowest BCUT2D eigenvalue weighted by Gasteiger charge is -2.13. The summed E-state index contributed by atoms with van der Waals surface area (Å²) in [6, 6.07) is 1.76. The maximum Gasteiger partial charge on any atom is 0.223 e. The van der Waals surface area contributed by atoms with Crippen LogP contribution in [0.4, 0.5) is 17.5 Å². The molecule has 0 aromatic carbocycles. The molecule has 23 heavy (non-hydrogen) atoms. The van der Waals surface area contributed by atoms with Gasteiger partial charge in [0.1, 0.15) is 0 Å². The molecule has 0 amide bonds. The first-order valence-corrected chi connectivity index (χ1v) is 7.42. The van der Waals surface area contributed by atoms with E-state index in [1.165, 1.54) is 0 Å². The molecule has 0 aliphatic heterocycles. The van der Waals surface area contributed by atoms with Crippen LogP contribution in [0.2, 0.25) is 5.02 Å². The van der Waals surface area contributed by atoms with Crippen molar-refractivity contribution in [2.75, 3.05) is 10.6 Å². The van der Waals surface area contributed by atoms with Gasteiger partial charge in [0, 0.05) is 6.20 Å². The van der Waals surface area contributed by atoms with Gasteiger partial charge in [0.05, 0.1) is 28.1 Å². The molecule has 0 aliphatic carbocycles. The van der Waals surface area contributed by atoms with E-state index in [4.69, 9.17) is 11.6 Å². The van der Waals surface area contributed by atoms with Crippen LogP contribution in [-0.4, -0.2) is 33.2 Å². The van der Waals surface area contributed by atoms with E-state index in [0.717, 1.165) is 11.4 Å². The summed E-state index contributed by atoms with van der Waals surface area (Å²) in [5, 5.41) is 6.72. The standard InChI is InChI=1S/C15H20ClN7/c1-9-12(21-13(17-5)23-15(2,3)4)22-14(19-9)20-11-6-10(16)7-18-8-11/h6-8H,5H2,1-4H3,(H,21,23)(H2,19,20,22). The molecule has 0 saturated carbocycles. The van der Waals surface area contributed by atoms with Crippen molar-refractivity contribution in [2.45, 2.75) is 33.2 Å². The van der Waals surface area contributed by atoms with Gasteiger partial charge in [0.2, 0.25) is 11.9 Å². The number of nitrogens with one attached hydrogen (secondary N) is 3. The highest BCUT2D eigenvalue weighted by Gasteiger charge is 2.12. The minimum atomic E-state index is -0.263. The molecule has 7 nitrogen and oxygen atoms in total. The van der Waals surface area contributed by atoms with Gasteiger partial charge >= 0.3 is 0 Å². The molecule has 2 rings (SSSR count). The Kier molecular flexibility index (Phi) is 5.00. The number of aromatic nitrogens is 3. The Morgan fingerprint density at radius 3 is 2.70 bits per heavy atom. The number of imidazole rings is 1. The number of hydrogen-bond acceptors (Lipinski definition) is 4. The molecule has 2 aromatic heterocycles. The largest absolute Gasteiger partial charge is 0.326 e. The SMILES string of the molecule is C=NC(=NC(C)(C)C)Nc1nc(Nc2cncc(Cl)c2)[nH]c1C. The highest BCUT2D eigenvalue weighted by atomic mass is 35.5. The van der Waals surface area contributed by atoms with Crippen LogP contribution < -0.4 is 10.6 Å². The second-order valence-electron chi connectivity index (χ2n) is 5.97. The summed E-state index contributed by atoms with van der Waals surface area (Å²) in [6.45, 7) is 11.4. The molecule has 0 bridgehead atoms. The number of nitrogens with zero attached hydrogens (tertiary/aromatic N) is 4. The van der Waals surface area contributed by atoms with Gasteiger partial charge in [-0.1, -0.05) is 11.6 Å². The number of hydrogen-bond donors (Lipinski definition) is 3. The number of halogens is 1. The topological polar surface area (TPSA) is 90.3 Å². The van der Waals surface area contributed by atoms with Gasteiger partial charge in [0.25, 0.3) is 0 Å². The van der Waals surface area contributed by atoms with Crippen LogP contribution in [0.1, 0.15) is 26.5 Å². The van der Waals surface area contributed by atoms with E-state index in [9.17, 15) is 0 Å². The Morgan fingerprint density at radius 1 is 1.35 bits per heavy atom. The van der Waals surface area contributed by atoms with Gasteiger partial charge in [-0.25, -0.2) is 9.98 Å². The van der Waals surface area contributed by atoms with Crippen molar-refractivity contribution in [3.63, 3.8) is 0 Å². The van der Waals surface area contributed by atoms with Crippen molar-refractivity contribution in [1.29, 1.82) is 0 Å². The number of aryl methyl sites for hydroxylation is 1. The third-order valence-electron chi connectivity index (χ3n) is 2.67. The zero-order valence-electron chi connectivity index (χ0n) is 13.6. The molecule has 0 saturated heterocycles. The Labute approximate surface area is 140 Å². The second kappa shape index (κ2) is 6.78. The summed E-state index contributed by atoms with van der Waals surface area (Å²) in [4.78, 5) is 19.9. The summed E-state index contributed by atoms with van der Waals surface area (Å²) in [5.41, 5.74) is 1.32. The predicted molar refractivity (Wildman–Crippen MR) is 96.2 cm³/mol. The fourth-order valence-electron chi connectivity index (χ4n) is 1.78. The Morgan fingerprint density at radius 2 is 2.09 bits per heavy atom. The number of aromatic amines is 1. The Hall–Kier alpha value is -2.41. The van der Waals surface area contributed by atoms with E-state index >= 15 is 0 Å². The molecule has 0 unspecified atom stereocenters. The average Bonchev–Trinajstić information content (AvgIpc) is 2.76. The zero-order valence-corrected chi connectivity index (χ0v) is 14.4. The minimum absolute atomic E-state index is 0.263. The molecule has 0 atom stereocenters. The van der Waals surface area contributed by atoms with E-state index in [0.29, 0.717) is 22.7 Å². The van der Waals surface area contributed by atoms with Gasteiger partial charge in [-0.05, 0) is 40.5 Å². The lowest BCUT2D eigenvalue weighted by molar-refractivity contribution is 0.583. The van der Waals surface area contributed by atoms with Crippen molar-refractivity contribution >= 4 is 41.7 Å². The fourth-order valence-corrected chi connectivity index (χ4v) is 1.96. The summed E-state index contributed by atoms with van der Waals surface area (Å²) < 4.78 is 0. The van der Waals surface area contributed by atoms with Gasteiger partial charge in [-0.2, -0.15) is 4.98 Å². The van der Waals surface area contributed by atoms with Crippen molar-refractivity contribution in [3.8, 4) is 0 Å². The van der Waals surface area contributed by atoms with Crippen LogP contribution in [0.3, 0.4) is 0 Å². The van der Waals surface area contributed by atoms with Crippen LogP contribution in [0.5, 0.6) is 0 Å². The van der Waals surface area contributed by atoms with Crippen LogP contribution in [-0.2, 0) is 0 Å². The van der Waals surface area contributed by atoms with Crippen molar-refractivity contribution in [3.05, 3.63) is 29.2 Å². The normalized spacial score (nSPS) is 12.1. The smallest absolute Gasteiger partial charge is 0.223 e. The minimum Gasteiger partial charge on any atom is -0.326 e. The first-order chi connectivity index (χ1) is 10.8. The van der Waals surface area contributed by atoms with Crippen molar-refractivity contribution in [2.24, 2.45) is 9.98 Å². The summed E-state index contributed by atoms with van der Waals surface area (Å²) in [5.74, 6) is 1.61. The second-order valence-corrected chi connectivity index (χ2v) is 6.40. The summed E-state index contributed by atoms with van der Waals surface area (Å²) in [7, 11) is 0. The van der Waals surface area contributed by atoms with Crippen LogP contribution in [0.15, 0.2) is 28.4 Å². The van der Waals surface area contributed by atoms with Crippen LogP contribution >= 0.6 is 11.6 Å². The van der Waals surface area contributed by atoms with E-state index in [2.05, 4.69) is 42.3 Å². The summed E-state index contributed by atoms with van der Waals surface area (Å²) >= 11 is 5.92. The van der Waals surface area contributed by atoms with E-state index in [1.54, 1.807) is 18.5 Å². The molecule has 3 N–H and O–H groups in total. The summed E-state index contributed by atoms with van der Waals surface area (Å²) in [6.07, 6.45) is 3.23. The molecular weight excluding hydrogens is 314 g/mol. The molecule has 2 aromatic rings. The number of guanidine groups is 1. The van der Waals surface area contributed by atoms with Crippen molar-refractivity contribution < 1.29 is 0 Å². The third kappa shape index (κ3) is 5.07. The first kappa shape index (κ1) is 17.0. The monoisotopic (exact) mass is 333 g/mol. The predicted octanol–water partition coefficient (Wildman–Crippen LogP) is 3.78. The lowest BCUT2D eigenvalue weighted by atomic mass is 10.1. The van der Waals surface area contributed by atoms with E-state index < -0.39 is 0 Å². The van der Waals surface area contributed by atoms with Gasteiger partial charge in [-0.3, -0.25) is 4.98 Å². The molecule has 8 heteroatoms. The number of rotatable bonds is 3. The van der Waals surface area contributed by atoms with E-state index in [-0.39, 0.29) is 5.54 Å². The lowest BCUT2D eigenvalue weighted by Crippen LogP contribution is -2.18. The van der Waals surface area contributed by atoms with Crippen LogP contribution in [0, 0.1) is 6.92 Å². The maximum atomic E-state index is 5.92. The molecule has 0 fully saturated rings. The van der Waals surface area contributed by atoms with Gasteiger partial charge < -0.3 is 15.6 Å². The fraction of sp³-hybridized carbons (Fsp3) is 0.333. The van der Waals surface area contributed by atoms with Gasteiger partial charge in [-0.15, -0.1) is 0 Å². The maximum absolute atomic E-state index is 5.92. The number of aliphatic imine (C=N–C) groups is 2. The molecule has 0 spiro atoms. The molecule has 122 valence electrons. The molecular formula is C15H20ClN7. The number of H-pyrrole nitrogens is 1. The first-order valence-electron chi connectivity index (χ1n) is 7.04. The van der Waals surface area contributed by atoms with E-state index in [1.807, 2.05) is 27.7 Å².